The Labute approximate surface area is 99.1 Å². The number of sulfone groups is 1. The molecule has 82 valence electrons. The van der Waals surface area contributed by atoms with Gasteiger partial charge in [-0.15, -0.1) is 0 Å². The van der Waals surface area contributed by atoms with Crippen LogP contribution in [0, 0.1) is 0 Å². The zero-order valence-corrected chi connectivity index (χ0v) is 10.9. The van der Waals surface area contributed by atoms with Gasteiger partial charge in [-0.05, 0) is 24.1 Å². The van der Waals surface area contributed by atoms with E-state index in [-0.39, 0.29) is 0 Å². The minimum atomic E-state index is -3.10. The SMILES string of the molecule is CS(=O)(=O)c1cccc(C=CCCBr)c1. The highest BCUT2D eigenvalue weighted by Crippen LogP contribution is 2.12. The molecule has 0 aliphatic rings. The third-order valence-corrected chi connectivity index (χ3v) is 3.44. The lowest BCUT2D eigenvalue weighted by Gasteiger charge is -1.99. The number of hydrogen-bond donors (Lipinski definition) is 0. The largest absolute Gasteiger partial charge is 0.224 e. The van der Waals surface area contributed by atoms with E-state index in [0.717, 1.165) is 17.3 Å². The molecule has 0 aliphatic carbocycles. The van der Waals surface area contributed by atoms with Crippen molar-refractivity contribution in [2.75, 3.05) is 11.6 Å². The van der Waals surface area contributed by atoms with E-state index in [1.54, 1.807) is 18.2 Å². The van der Waals surface area contributed by atoms with Gasteiger partial charge in [0, 0.05) is 11.6 Å². The maximum Gasteiger partial charge on any atom is 0.175 e. The minimum Gasteiger partial charge on any atom is -0.224 e. The van der Waals surface area contributed by atoms with Crippen LogP contribution in [-0.4, -0.2) is 20.0 Å². The predicted octanol–water partition coefficient (Wildman–Crippen LogP) is 2.89. The van der Waals surface area contributed by atoms with E-state index < -0.39 is 9.84 Å². The topological polar surface area (TPSA) is 34.1 Å². The molecule has 15 heavy (non-hydrogen) atoms. The maximum absolute atomic E-state index is 11.3. The first kappa shape index (κ1) is 12.5. The molecular formula is C11H13BrO2S. The second-order valence-corrected chi connectivity index (χ2v) is 6.03. The number of hydrogen-bond acceptors (Lipinski definition) is 2. The van der Waals surface area contributed by atoms with Gasteiger partial charge >= 0.3 is 0 Å². The van der Waals surface area contributed by atoms with Gasteiger partial charge in [0.05, 0.1) is 4.90 Å². The van der Waals surface area contributed by atoms with E-state index in [0.29, 0.717) is 4.90 Å². The van der Waals surface area contributed by atoms with Crippen LogP contribution < -0.4 is 0 Å². The Morgan fingerprint density at radius 3 is 2.73 bits per heavy atom. The number of allylic oxidation sites excluding steroid dienone is 1. The summed E-state index contributed by atoms with van der Waals surface area (Å²) in [5.74, 6) is 0. The van der Waals surface area contributed by atoms with Crippen LogP contribution in [0.1, 0.15) is 12.0 Å². The van der Waals surface area contributed by atoms with Crippen LogP contribution in [0.25, 0.3) is 6.08 Å². The molecule has 0 aromatic heterocycles. The molecule has 2 nitrogen and oxygen atoms in total. The molecule has 0 aliphatic heterocycles. The second-order valence-electron chi connectivity index (χ2n) is 3.22. The van der Waals surface area contributed by atoms with E-state index in [1.165, 1.54) is 6.26 Å². The minimum absolute atomic E-state index is 0.364. The fourth-order valence-corrected chi connectivity index (χ4v) is 2.07. The summed E-state index contributed by atoms with van der Waals surface area (Å²) in [6.45, 7) is 0. The maximum atomic E-state index is 11.3. The summed E-state index contributed by atoms with van der Waals surface area (Å²) in [5.41, 5.74) is 0.916. The van der Waals surface area contributed by atoms with Gasteiger partial charge in [-0.3, -0.25) is 0 Å². The fourth-order valence-electron chi connectivity index (χ4n) is 1.13. The molecule has 0 atom stereocenters. The van der Waals surface area contributed by atoms with Gasteiger partial charge in [0.1, 0.15) is 0 Å². The summed E-state index contributed by atoms with van der Waals surface area (Å²) in [5, 5.41) is 0.912. The van der Waals surface area contributed by atoms with Crippen molar-refractivity contribution in [3.8, 4) is 0 Å². The molecule has 0 bridgehead atoms. The van der Waals surface area contributed by atoms with Crippen LogP contribution in [-0.2, 0) is 9.84 Å². The van der Waals surface area contributed by atoms with Crippen molar-refractivity contribution in [2.24, 2.45) is 0 Å². The summed E-state index contributed by atoms with van der Waals surface area (Å²) in [7, 11) is -3.10. The van der Waals surface area contributed by atoms with Crippen LogP contribution in [0.2, 0.25) is 0 Å². The van der Waals surface area contributed by atoms with Crippen LogP contribution in [0.3, 0.4) is 0 Å². The molecule has 4 heteroatoms. The lowest BCUT2D eigenvalue weighted by molar-refractivity contribution is 0.602. The van der Waals surface area contributed by atoms with E-state index in [2.05, 4.69) is 15.9 Å². The Hall–Kier alpha value is -0.610. The Bertz CT molecular complexity index is 449. The van der Waals surface area contributed by atoms with E-state index in [9.17, 15) is 8.42 Å². The summed E-state index contributed by atoms with van der Waals surface area (Å²) in [4.78, 5) is 0.364. The third-order valence-electron chi connectivity index (χ3n) is 1.87. The molecule has 0 N–H and O–H groups in total. The number of rotatable bonds is 4. The molecule has 0 radical (unpaired) electrons. The number of alkyl halides is 1. The Balaban J connectivity index is 2.94. The molecule has 0 amide bonds. The molecule has 0 saturated carbocycles. The number of halogens is 1. The lowest BCUT2D eigenvalue weighted by Crippen LogP contribution is -1.96. The summed E-state index contributed by atoms with van der Waals surface area (Å²) >= 11 is 3.32. The van der Waals surface area contributed by atoms with E-state index in [4.69, 9.17) is 0 Å². The quantitative estimate of drug-likeness (QED) is 0.799. The van der Waals surface area contributed by atoms with Gasteiger partial charge in [-0.25, -0.2) is 8.42 Å². The molecule has 1 aromatic rings. The normalized spacial score (nSPS) is 12.1. The number of benzene rings is 1. The van der Waals surface area contributed by atoms with Crippen LogP contribution in [0.5, 0.6) is 0 Å². The monoisotopic (exact) mass is 288 g/mol. The average molecular weight is 289 g/mol. The highest BCUT2D eigenvalue weighted by atomic mass is 79.9. The zero-order valence-electron chi connectivity index (χ0n) is 8.48. The molecule has 1 rings (SSSR count). The first-order chi connectivity index (χ1) is 7.04. The van der Waals surface area contributed by atoms with Gasteiger partial charge in [-0.1, -0.05) is 40.2 Å². The van der Waals surface area contributed by atoms with Gasteiger partial charge in [0.25, 0.3) is 0 Å². The Morgan fingerprint density at radius 1 is 1.40 bits per heavy atom. The first-order valence-corrected chi connectivity index (χ1v) is 7.58. The molecule has 0 saturated heterocycles. The van der Waals surface area contributed by atoms with Gasteiger partial charge < -0.3 is 0 Å². The van der Waals surface area contributed by atoms with E-state index in [1.807, 2.05) is 18.2 Å². The van der Waals surface area contributed by atoms with Crippen molar-refractivity contribution >= 4 is 31.8 Å². The lowest BCUT2D eigenvalue weighted by atomic mass is 10.2. The zero-order chi connectivity index (χ0) is 11.3. The summed E-state index contributed by atoms with van der Waals surface area (Å²) < 4.78 is 22.6. The van der Waals surface area contributed by atoms with E-state index >= 15 is 0 Å². The van der Waals surface area contributed by atoms with Crippen molar-refractivity contribution in [2.45, 2.75) is 11.3 Å². The molecular weight excluding hydrogens is 276 g/mol. The average Bonchev–Trinajstić information content (AvgIpc) is 2.17. The molecule has 0 spiro atoms. The van der Waals surface area contributed by atoms with Gasteiger partial charge in [0.15, 0.2) is 9.84 Å². The summed E-state index contributed by atoms with van der Waals surface area (Å²) in [6, 6.07) is 6.93. The van der Waals surface area contributed by atoms with Crippen molar-refractivity contribution in [3.63, 3.8) is 0 Å². The van der Waals surface area contributed by atoms with Crippen molar-refractivity contribution in [1.29, 1.82) is 0 Å². The standard InChI is InChI=1S/C11H13BrO2S/c1-15(13,14)11-7-4-6-10(9-11)5-2-3-8-12/h2,4-7,9H,3,8H2,1H3. The third kappa shape index (κ3) is 4.18. The Morgan fingerprint density at radius 2 is 2.13 bits per heavy atom. The first-order valence-electron chi connectivity index (χ1n) is 4.56. The second kappa shape index (κ2) is 5.47. The van der Waals surface area contributed by atoms with Crippen molar-refractivity contribution in [3.05, 3.63) is 35.9 Å². The van der Waals surface area contributed by atoms with Crippen LogP contribution in [0.4, 0.5) is 0 Å². The molecule has 1 aromatic carbocycles. The van der Waals surface area contributed by atoms with Gasteiger partial charge in [-0.2, -0.15) is 0 Å². The molecule has 0 unspecified atom stereocenters. The van der Waals surface area contributed by atoms with Crippen molar-refractivity contribution in [1.82, 2.24) is 0 Å². The molecule has 0 fully saturated rings. The van der Waals surface area contributed by atoms with Crippen LogP contribution >= 0.6 is 15.9 Å². The highest BCUT2D eigenvalue weighted by Gasteiger charge is 2.05. The summed E-state index contributed by atoms with van der Waals surface area (Å²) in [6.07, 6.45) is 6.09. The smallest absolute Gasteiger partial charge is 0.175 e. The highest BCUT2D eigenvalue weighted by molar-refractivity contribution is 9.09. The van der Waals surface area contributed by atoms with Crippen LogP contribution in [0.15, 0.2) is 35.2 Å². The molecule has 0 heterocycles. The Kier molecular flexibility index (Phi) is 4.54. The predicted molar refractivity (Wildman–Crippen MR) is 67.0 cm³/mol. The van der Waals surface area contributed by atoms with Crippen molar-refractivity contribution < 1.29 is 8.42 Å². The fraction of sp³-hybridized carbons (Fsp3) is 0.273. The van der Waals surface area contributed by atoms with Gasteiger partial charge in [0.2, 0.25) is 0 Å².